The van der Waals surface area contributed by atoms with Crippen molar-refractivity contribution in [1.82, 2.24) is 9.62 Å². The van der Waals surface area contributed by atoms with Gasteiger partial charge in [0.25, 0.3) is 5.91 Å². The molecular formula is C18H24N2O3S2. The lowest BCUT2D eigenvalue weighted by molar-refractivity contribution is 0.0944. The highest BCUT2D eigenvalue weighted by atomic mass is 32.2. The molecule has 0 bridgehead atoms. The van der Waals surface area contributed by atoms with Gasteiger partial charge < -0.3 is 5.32 Å². The van der Waals surface area contributed by atoms with Crippen molar-refractivity contribution in [2.75, 3.05) is 14.1 Å². The molecule has 0 saturated heterocycles. The molecule has 1 amide bonds. The highest BCUT2D eigenvalue weighted by molar-refractivity contribution is 7.89. The van der Waals surface area contributed by atoms with Crippen LogP contribution in [-0.4, -0.2) is 32.7 Å². The lowest BCUT2D eigenvalue weighted by Crippen LogP contribution is -2.26. The Labute approximate surface area is 153 Å². The third-order valence-corrected chi connectivity index (χ3v) is 7.05. The summed E-state index contributed by atoms with van der Waals surface area (Å²) in [6, 6.07) is 8.33. The summed E-state index contributed by atoms with van der Waals surface area (Å²) in [5.41, 5.74) is 2.05. The molecule has 1 N–H and O–H groups in total. The second kappa shape index (κ2) is 7.68. The Morgan fingerprint density at radius 1 is 1.24 bits per heavy atom. The molecule has 1 unspecified atom stereocenters. The molecule has 1 aromatic heterocycles. The lowest BCUT2D eigenvalue weighted by Gasteiger charge is -2.15. The Hall–Kier alpha value is -1.70. The van der Waals surface area contributed by atoms with E-state index >= 15 is 0 Å². The number of hydrogen-bond donors (Lipinski definition) is 1. The van der Waals surface area contributed by atoms with Gasteiger partial charge in [-0.25, -0.2) is 12.7 Å². The third kappa shape index (κ3) is 4.29. The van der Waals surface area contributed by atoms with Crippen LogP contribution >= 0.6 is 11.3 Å². The number of aryl methyl sites for hydroxylation is 2. The molecule has 25 heavy (non-hydrogen) atoms. The summed E-state index contributed by atoms with van der Waals surface area (Å²) in [4.78, 5) is 14.5. The molecule has 7 heteroatoms. The monoisotopic (exact) mass is 380 g/mol. The van der Waals surface area contributed by atoms with E-state index in [0.29, 0.717) is 4.88 Å². The molecule has 0 aliphatic carbocycles. The minimum Gasteiger partial charge on any atom is -0.345 e. The van der Waals surface area contributed by atoms with Crippen LogP contribution in [0.1, 0.15) is 45.6 Å². The zero-order valence-corrected chi connectivity index (χ0v) is 16.8. The summed E-state index contributed by atoms with van der Waals surface area (Å²) in [7, 11) is -0.443. The van der Waals surface area contributed by atoms with E-state index in [1.165, 1.54) is 40.2 Å². The second-order valence-corrected chi connectivity index (χ2v) is 9.51. The van der Waals surface area contributed by atoms with Gasteiger partial charge in [-0.2, -0.15) is 0 Å². The van der Waals surface area contributed by atoms with Crippen LogP contribution in [0.2, 0.25) is 0 Å². The molecule has 0 radical (unpaired) electrons. The number of carbonyl (C=O) groups is 1. The van der Waals surface area contributed by atoms with Gasteiger partial charge in [-0.1, -0.05) is 19.1 Å². The van der Waals surface area contributed by atoms with Crippen LogP contribution in [-0.2, 0) is 16.4 Å². The zero-order chi connectivity index (χ0) is 18.8. The largest absolute Gasteiger partial charge is 0.345 e. The maximum absolute atomic E-state index is 12.4. The van der Waals surface area contributed by atoms with Crippen LogP contribution < -0.4 is 5.32 Å². The van der Waals surface area contributed by atoms with E-state index in [1.54, 1.807) is 24.3 Å². The van der Waals surface area contributed by atoms with Crippen LogP contribution in [0.4, 0.5) is 0 Å². The number of sulfonamides is 1. The van der Waals surface area contributed by atoms with Crippen molar-refractivity contribution in [2.45, 2.75) is 38.1 Å². The maximum atomic E-state index is 12.4. The van der Waals surface area contributed by atoms with E-state index in [2.05, 4.69) is 12.2 Å². The molecule has 0 saturated carbocycles. The summed E-state index contributed by atoms with van der Waals surface area (Å²) in [6.45, 7) is 5.98. The topological polar surface area (TPSA) is 66.5 Å². The van der Waals surface area contributed by atoms with Crippen LogP contribution in [0.25, 0.3) is 0 Å². The molecule has 0 spiro atoms. The Morgan fingerprint density at radius 2 is 1.84 bits per heavy atom. The van der Waals surface area contributed by atoms with E-state index in [4.69, 9.17) is 0 Å². The fraction of sp³-hybridized carbons (Fsp3) is 0.389. The normalized spacial score (nSPS) is 13.0. The number of amides is 1. The first-order chi connectivity index (χ1) is 11.7. The van der Waals surface area contributed by atoms with Gasteiger partial charge >= 0.3 is 0 Å². The van der Waals surface area contributed by atoms with Gasteiger partial charge in [0, 0.05) is 19.0 Å². The molecule has 0 aliphatic heterocycles. The fourth-order valence-corrected chi connectivity index (χ4v) is 4.39. The van der Waals surface area contributed by atoms with E-state index in [-0.39, 0.29) is 16.8 Å². The van der Waals surface area contributed by atoms with Gasteiger partial charge in [-0.05, 0) is 49.6 Å². The first-order valence-electron chi connectivity index (χ1n) is 8.09. The molecule has 2 rings (SSSR count). The number of thiophene rings is 1. The van der Waals surface area contributed by atoms with E-state index in [9.17, 15) is 13.2 Å². The van der Waals surface area contributed by atoms with Gasteiger partial charge in [-0.15, -0.1) is 11.3 Å². The molecule has 1 heterocycles. The zero-order valence-electron chi connectivity index (χ0n) is 15.2. The smallest absolute Gasteiger partial charge is 0.261 e. The van der Waals surface area contributed by atoms with Crippen LogP contribution in [0.5, 0.6) is 0 Å². The number of nitrogens with zero attached hydrogens (tertiary/aromatic N) is 1. The third-order valence-electron chi connectivity index (χ3n) is 4.13. The number of carbonyl (C=O) groups excluding carboxylic acids is 1. The fourth-order valence-electron chi connectivity index (χ4n) is 2.47. The van der Waals surface area contributed by atoms with Crippen molar-refractivity contribution in [3.8, 4) is 0 Å². The minimum absolute atomic E-state index is 0.106. The van der Waals surface area contributed by atoms with Gasteiger partial charge in [0.05, 0.1) is 15.8 Å². The predicted molar refractivity (Wildman–Crippen MR) is 102 cm³/mol. The van der Waals surface area contributed by atoms with Crippen LogP contribution in [0.3, 0.4) is 0 Å². The summed E-state index contributed by atoms with van der Waals surface area (Å²) in [5, 5.41) is 2.97. The summed E-state index contributed by atoms with van der Waals surface area (Å²) < 4.78 is 25.4. The number of hydrogen-bond acceptors (Lipinski definition) is 4. The average molecular weight is 381 g/mol. The van der Waals surface area contributed by atoms with Crippen LogP contribution in [0, 0.1) is 6.92 Å². The Bertz CT molecular complexity index is 853. The van der Waals surface area contributed by atoms with E-state index in [1.807, 2.05) is 19.9 Å². The molecule has 1 atom stereocenters. The SMILES string of the molecule is CCc1cc(C(=O)NC(C)c2ccc(S(=O)(=O)N(C)C)cc2)sc1C. The summed E-state index contributed by atoms with van der Waals surface area (Å²) >= 11 is 1.50. The molecule has 5 nitrogen and oxygen atoms in total. The molecule has 2 aromatic rings. The molecular weight excluding hydrogens is 356 g/mol. The second-order valence-electron chi connectivity index (χ2n) is 6.10. The Morgan fingerprint density at radius 3 is 2.32 bits per heavy atom. The van der Waals surface area contributed by atoms with Crippen molar-refractivity contribution >= 4 is 27.3 Å². The molecule has 1 aromatic carbocycles. The predicted octanol–water partition coefficient (Wildman–Crippen LogP) is 3.36. The van der Waals surface area contributed by atoms with E-state index < -0.39 is 10.0 Å². The molecule has 136 valence electrons. The standard InChI is InChI=1S/C18H24N2O3S2/c1-6-14-11-17(24-13(14)3)18(21)19-12(2)15-7-9-16(10-8-15)25(22,23)20(4)5/h7-12H,6H2,1-5H3,(H,19,21). The highest BCUT2D eigenvalue weighted by Crippen LogP contribution is 2.23. The summed E-state index contributed by atoms with van der Waals surface area (Å²) in [5.74, 6) is -0.106. The van der Waals surface area contributed by atoms with Gasteiger partial charge in [0.2, 0.25) is 10.0 Å². The van der Waals surface area contributed by atoms with Crippen molar-refractivity contribution in [2.24, 2.45) is 0 Å². The van der Waals surface area contributed by atoms with E-state index in [0.717, 1.165) is 12.0 Å². The highest BCUT2D eigenvalue weighted by Gasteiger charge is 2.18. The first-order valence-corrected chi connectivity index (χ1v) is 10.3. The van der Waals surface area contributed by atoms with Crippen molar-refractivity contribution in [3.63, 3.8) is 0 Å². The number of nitrogens with one attached hydrogen (secondary N) is 1. The van der Waals surface area contributed by atoms with Crippen molar-refractivity contribution in [1.29, 1.82) is 0 Å². The van der Waals surface area contributed by atoms with Gasteiger partial charge in [-0.3, -0.25) is 4.79 Å². The minimum atomic E-state index is -3.44. The van der Waals surface area contributed by atoms with Gasteiger partial charge in [0.15, 0.2) is 0 Å². The maximum Gasteiger partial charge on any atom is 0.261 e. The van der Waals surface area contributed by atoms with Crippen molar-refractivity contribution < 1.29 is 13.2 Å². The quantitative estimate of drug-likeness (QED) is 0.836. The molecule has 0 aliphatic rings. The Kier molecular flexibility index (Phi) is 6.03. The first kappa shape index (κ1) is 19.6. The lowest BCUT2D eigenvalue weighted by atomic mass is 10.1. The van der Waals surface area contributed by atoms with Crippen LogP contribution in [0.15, 0.2) is 35.2 Å². The summed E-state index contributed by atoms with van der Waals surface area (Å²) in [6.07, 6.45) is 0.910. The Balaban J connectivity index is 2.12. The van der Waals surface area contributed by atoms with Gasteiger partial charge in [0.1, 0.15) is 0 Å². The van der Waals surface area contributed by atoms with Crippen molar-refractivity contribution in [3.05, 3.63) is 51.2 Å². The average Bonchev–Trinajstić information content (AvgIpc) is 2.95. The number of benzene rings is 1. The molecule has 0 fully saturated rings. The number of rotatable bonds is 6.